The monoisotopic (exact) mass is 407 g/mol. The summed E-state index contributed by atoms with van der Waals surface area (Å²) in [5.74, 6) is -1.42. The Morgan fingerprint density at radius 2 is 2.12 bits per heavy atom. The summed E-state index contributed by atoms with van der Waals surface area (Å²) in [6.07, 6.45) is -0.967. The first kappa shape index (κ1) is 14.1. The van der Waals surface area contributed by atoms with Crippen LogP contribution in [0.4, 0.5) is 14.5 Å². The Hall–Kier alpha value is 0.01000. The molecule has 3 N–H and O–H groups in total. The van der Waals surface area contributed by atoms with Gasteiger partial charge >= 0.3 is 0 Å². The number of halogens is 4. The zero-order chi connectivity index (χ0) is 12.3. The standard InChI is InChI=1S/C9H9BrF2INO2/c10-7-5(11)1-6(9(13)8(7)12)14-2-4(16)3-15/h1,4,14-16H,2-3H2. The second-order valence-electron chi connectivity index (χ2n) is 3.07. The molecule has 0 aliphatic rings. The van der Waals surface area contributed by atoms with Crippen LogP contribution >= 0.6 is 38.5 Å². The zero-order valence-electron chi connectivity index (χ0n) is 7.98. The van der Waals surface area contributed by atoms with Crippen molar-refractivity contribution in [2.24, 2.45) is 0 Å². The molecule has 0 fully saturated rings. The molecule has 0 radical (unpaired) electrons. The Balaban J connectivity index is 2.89. The third-order valence-electron chi connectivity index (χ3n) is 1.84. The zero-order valence-corrected chi connectivity index (χ0v) is 11.7. The highest BCUT2D eigenvalue weighted by molar-refractivity contribution is 14.1. The largest absolute Gasteiger partial charge is 0.394 e. The number of aliphatic hydroxyl groups is 2. The van der Waals surface area contributed by atoms with Crippen molar-refractivity contribution in [3.63, 3.8) is 0 Å². The van der Waals surface area contributed by atoms with Gasteiger partial charge < -0.3 is 15.5 Å². The van der Waals surface area contributed by atoms with Gasteiger partial charge in [0, 0.05) is 6.54 Å². The average molecular weight is 408 g/mol. The van der Waals surface area contributed by atoms with Gasteiger partial charge in [-0.05, 0) is 44.6 Å². The van der Waals surface area contributed by atoms with Crippen molar-refractivity contribution in [1.29, 1.82) is 0 Å². The molecule has 16 heavy (non-hydrogen) atoms. The minimum absolute atomic E-state index is 0.0208. The third kappa shape index (κ3) is 3.25. The molecule has 1 atom stereocenters. The minimum Gasteiger partial charge on any atom is -0.394 e. The number of rotatable bonds is 4. The lowest BCUT2D eigenvalue weighted by atomic mass is 10.3. The van der Waals surface area contributed by atoms with Crippen molar-refractivity contribution in [3.05, 3.63) is 25.7 Å². The van der Waals surface area contributed by atoms with Gasteiger partial charge in [-0.2, -0.15) is 0 Å². The smallest absolute Gasteiger partial charge is 0.155 e. The normalized spacial score (nSPS) is 12.6. The van der Waals surface area contributed by atoms with Crippen molar-refractivity contribution in [1.82, 2.24) is 0 Å². The van der Waals surface area contributed by atoms with Crippen molar-refractivity contribution >= 4 is 44.2 Å². The van der Waals surface area contributed by atoms with Crippen molar-refractivity contribution in [2.75, 3.05) is 18.5 Å². The summed E-state index contributed by atoms with van der Waals surface area (Å²) in [7, 11) is 0. The summed E-state index contributed by atoms with van der Waals surface area (Å²) in [5.41, 5.74) is 0.242. The van der Waals surface area contributed by atoms with E-state index in [1.165, 1.54) is 0 Å². The van der Waals surface area contributed by atoms with Crippen LogP contribution in [0.5, 0.6) is 0 Å². The Bertz CT molecular complexity index is 392. The molecular formula is C9H9BrF2INO2. The van der Waals surface area contributed by atoms with Crippen LogP contribution in [-0.2, 0) is 0 Å². The van der Waals surface area contributed by atoms with Gasteiger partial charge in [0.25, 0.3) is 0 Å². The molecular weight excluding hydrogens is 399 g/mol. The predicted octanol–water partition coefficient (Wildman–Crippen LogP) is 2.10. The SMILES string of the molecule is OCC(O)CNc1cc(F)c(Br)c(F)c1I. The van der Waals surface area contributed by atoms with Crippen LogP contribution in [0.25, 0.3) is 0 Å². The molecule has 0 bridgehead atoms. The lowest BCUT2D eigenvalue weighted by Crippen LogP contribution is -2.23. The molecule has 7 heteroatoms. The number of anilines is 1. The van der Waals surface area contributed by atoms with E-state index in [0.29, 0.717) is 0 Å². The predicted molar refractivity (Wildman–Crippen MR) is 68.4 cm³/mol. The Morgan fingerprint density at radius 1 is 1.50 bits per heavy atom. The number of benzene rings is 1. The summed E-state index contributed by atoms with van der Waals surface area (Å²) in [6, 6.07) is 1.12. The fourth-order valence-corrected chi connectivity index (χ4v) is 2.29. The average Bonchev–Trinajstić information content (AvgIpc) is 2.28. The Kier molecular flexibility index (Phi) is 5.35. The Morgan fingerprint density at radius 3 is 2.69 bits per heavy atom. The highest BCUT2D eigenvalue weighted by Crippen LogP contribution is 2.30. The topological polar surface area (TPSA) is 52.5 Å². The molecule has 0 aliphatic carbocycles. The quantitative estimate of drug-likeness (QED) is 0.407. The van der Waals surface area contributed by atoms with Gasteiger partial charge in [0.1, 0.15) is 5.82 Å². The van der Waals surface area contributed by atoms with Crippen LogP contribution < -0.4 is 5.32 Å². The summed E-state index contributed by atoms with van der Waals surface area (Å²) in [6.45, 7) is -0.391. The summed E-state index contributed by atoms with van der Waals surface area (Å²) in [5, 5.41) is 20.3. The maximum absolute atomic E-state index is 13.4. The maximum Gasteiger partial charge on any atom is 0.155 e. The van der Waals surface area contributed by atoms with Crippen LogP contribution in [-0.4, -0.2) is 29.5 Å². The van der Waals surface area contributed by atoms with Gasteiger partial charge in [-0.1, -0.05) is 0 Å². The van der Waals surface area contributed by atoms with E-state index in [1.807, 2.05) is 0 Å². The van der Waals surface area contributed by atoms with Crippen LogP contribution in [0.1, 0.15) is 0 Å². The van der Waals surface area contributed by atoms with E-state index in [-0.39, 0.29) is 20.3 Å². The van der Waals surface area contributed by atoms with E-state index in [1.54, 1.807) is 22.6 Å². The van der Waals surface area contributed by atoms with Gasteiger partial charge in [0.2, 0.25) is 0 Å². The molecule has 1 unspecified atom stereocenters. The number of hydrogen-bond donors (Lipinski definition) is 3. The van der Waals surface area contributed by atoms with Gasteiger partial charge in [0.05, 0.1) is 26.4 Å². The lowest BCUT2D eigenvalue weighted by molar-refractivity contribution is 0.105. The first-order valence-electron chi connectivity index (χ1n) is 4.33. The maximum atomic E-state index is 13.4. The van der Waals surface area contributed by atoms with Crippen molar-refractivity contribution in [2.45, 2.75) is 6.10 Å². The molecule has 1 aromatic carbocycles. The molecule has 90 valence electrons. The van der Waals surface area contributed by atoms with E-state index in [9.17, 15) is 8.78 Å². The van der Waals surface area contributed by atoms with E-state index >= 15 is 0 Å². The molecule has 1 rings (SSSR count). The number of nitrogens with one attached hydrogen (secondary N) is 1. The van der Waals surface area contributed by atoms with Gasteiger partial charge in [-0.3, -0.25) is 0 Å². The highest BCUT2D eigenvalue weighted by atomic mass is 127. The Labute approximate surface area is 113 Å². The van der Waals surface area contributed by atoms with E-state index in [2.05, 4.69) is 21.2 Å². The fourth-order valence-electron chi connectivity index (χ4n) is 0.994. The van der Waals surface area contributed by atoms with Crippen LogP contribution in [0.3, 0.4) is 0 Å². The first-order chi connectivity index (χ1) is 7.47. The lowest BCUT2D eigenvalue weighted by Gasteiger charge is -2.13. The van der Waals surface area contributed by atoms with Crippen LogP contribution in [0, 0.1) is 15.2 Å². The van der Waals surface area contributed by atoms with Crippen molar-refractivity contribution in [3.8, 4) is 0 Å². The molecule has 0 saturated heterocycles. The first-order valence-corrected chi connectivity index (χ1v) is 6.20. The molecule has 0 aromatic heterocycles. The number of aliphatic hydroxyl groups excluding tert-OH is 2. The fraction of sp³-hybridized carbons (Fsp3) is 0.333. The van der Waals surface area contributed by atoms with Gasteiger partial charge in [0.15, 0.2) is 5.82 Å². The molecule has 0 amide bonds. The number of hydrogen-bond acceptors (Lipinski definition) is 3. The summed E-state index contributed by atoms with van der Waals surface area (Å²) < 4.78 is 26.6. The van der Waals surface area contributed by atoms with Gasteiger partial charge in [-0.15, -0.1) is 0 Å². The second-order valence-corrected chi connectivity index (χ2v) is 4.94. The van der Waals surface area contributed by atoms with E-state index in [4.69, 9.17) is 10.2 Å². The molecule has 0 aliphatic heterocycles. The molecule has 0 saturated carbocycles. The third-order valence-corrected chi connectivity index (χ3v) is 3.62. The van der Waals surface area contributed by atoms with Crippen LogP contribution in [0.15, 0.2) is 10.5 Å². The van der Waals surface area contributed by atoms with Crippen molar-refractivity contribution < 1.29 is 19.0 Å². The highest BCUT2D eigenvalue weighted by Gasteiger charge is 2.15. The molecule has 1 aromatic rings. The van der Waals surface area contributed by atoms with Gasteiger partial charge in [-0.25, -0.2) is 8.78 Å². The molecule has 3 nitrogen and oxygen atoms in total. The van der Waals surface area contributed by atoms with E-state index < -0.39 is 24.3 Å². The molecule has 0 heterocycles. The summed E-state index contributed by atoms with van der Waals surface area (Å²) >= 11 is 4.51. The van der Waals surface area contributed by atoms with E-state index in [0.717, 1.165) is 6.07 Å². The molecule has 0 spiro atoms. The summed E-state index contributed by atoms with van der Waals surface area (Å²) in [4.78, 5) is 0. The minimum atomic E-state index is -0.967. The second kappa shape index (κ2) is 6.08. The van der Waals surface area contributed by atoms with Crippen LogP contribution in [0.2, 0.25) is 0 Å².